The van der Waals surface area contributed by atoms with Gasteiger partial charge in [0.05, 0.1) is 0 Å². The van der Waals surface area contributed by atoms with Crippen molar-refractivity contribution < 1.29 is 4.79 Å². The summed E-state index contributed by atoms with van der Waals surface area (Å²) in [4.78, 5) is 14.4. The van der Waals surface area contributed by atoms with Crippen molar-refractivity contribution in [3.63, 3.8) is 0 Å². The Balaban J connectivity index is 2.51. The van der Waals surface area contributed by atoms with Gasteiger partial charge in [0, 0.05) is 20.0 Å². The Morgan fingerprint density at radius 3 is 2.89 bits per heavy atom. The van der Waals surface area contributed by atoms with Crippen molar-refractivity contribution >= 4 is 11.9 Å². The molecule has 2 N–H and O–H groups in total. The topological polar surface area (TPSA) is 53.5 Å². The highest BCUT2D eigenvalue weighted by molar-refractivity contribution is 5.99. The first-order chi connectivity index (χ1) is 4.33. The van der Waals surface area contributed by atoms with E-state index < -0.39 is 0 Å². The summed E-state index contributed by atoms with van der Waals surface area (Å²) in [7, 11) is 1.67. The van der Waals surface area contributed by atoms with E-state index in [9.17, 15) is 4.79 Å². The van der Waals surface area contributed by atoms with Crippen molar-refractivity contribution in [3.05, 3.63) is 0 Å². The second-order valence-electron chi connectivity index (χ2n) is 1.80. The quantitative estimate of drug-likeness (QED) is 0.462. The first-order valence-corrected chi connectivity index (χ1v) is 2.83. The average molecular weight is 127 g/mol. The lowest BCUT2D eigenvalue weighted by Gasteiger charge is -2.14. The van der Waals surface area contributed by atoms with Gasteiger partial charge in [0.2, 0.25) is 0 Å². The minimum atomic E-state index is -0.151. The van der Waals surface area contributed by atoms with Crippen molar-refractivity contribution in [3.8, 4) is 0 Å². The van der Waals surface area contributed by atoms with Crippen LogP contribution in [0.5, 0.6) is 0 Å². The van der Waals surface area contributed by atoms with Gasteiger partial charge in [-0.2, -0.15) is 0 Å². The van der Waals surface area contributed by atoms with Crippen LogP contribution in [0.1, 0.15) is 6.42 Å². The van der Waals surface area contributed by atoms with E-state index in [2.05, 4.69) is 15.6 Å². The van der Waals surface area contributed by atoms with Gasteiger partial charge < -0.3 is 5.32 Å². The fourth-order valence-electron chi connectivity index (χ4n) is 0.700. The van der Waals surface area contributed by atoms with Crippen LogP contribution in [0, 0.1) is 0 Å². The SMILES string of the molecule is CN=C1CCNC(=O)N1. The number of rotatable bonds is 0. The van der Waals surface area contributed by atoms with E-state index >= 15 is 0 Å². The smallest absolute Gasteiger partial charge is 0.320 e. The number of nitrogens with zero attached hydrogens (tertiary/aromatic N) is 1. The number of aliphatic imine (C=N–C) groups is 1. The van der Waals surface area contributed by atoms with E-state index in [1.54, 1.807) is 7.05 Å². The Labute approximate surface area is 53.3 Å². The first-order valence-electron chi connectivity index (χ1n) is 2.83. The molecule has 0 radical (unpaired) electrons. The molecule has 1 fully saturated rings. The van der Waals surface area contributed by atoms with E-state index in [4.69, 9.17) is 0 Å². The van der Waals surface area contributed by atoms with Gasteiger partial charge in [-0.25, -0.2) is 4.79 Å². The third kappa shape index (κ3) is 1.42. The molecule has 0 bridgehead atoms. The van der Waals surface area contributed by atoms with Crippen molar-refractivity contribution in [1.29, 1.82) is 0 Å². The van der Waals surface area contributed by atoms with Crippen LogP contribution in [0.3, 0.4) is 0 Å². The molecule has 0 spiro atoms. The zero-order valence-electron chi connectivity index (χ0n) is 5.27. The lowest BCUT2D eigenvalue weighted by atomic mass is 10.3. The van der Waals surface area contributed by atoms with Gasteiger partial charge in [-0.15, -0.1) is 0 Å². The zero-order valence-corrected chi connectivity index (χ0v) is 5.27. The van der Waals surface area contributed by atoms with Crippen molar-refractivity contribution in [2.75, 3.05) is 13.6 Å². The number of hydrogen-bond donors (Lipinski definition) is 2. The molecule has 0 unspecified atom stereocenters. The second-order valence-corrected chi connectivity index (χ2v) is 1.80. The minimum Gasteiger partial charge on any atom is -0.337 e. The number of hydrogen-bond acceptors (Lipinski definition) is 2. The third-order valence-electron chi connectivity index (χ3n) is 1.18. The van der Waals surface area contributed by atoms with Crippen LogP contribution in [0.15, 0.2) is 4.99 Å². The molecular formula is C5H9N3O. The summed E-state index contributed by atoms with van der Waals surface area (Å²) in [5.74, 6) is 0.763. The predicted octanol–water partition coefficient (Wildman–Crippen LogP) is -0.282. The highest BCUT2D eigenvalue weighted by atomic mass is 16.2. The van der Waals surface area contributed by atoms with E-state index in [0.29, 0.717) is 6.54 Å². The normalized spacial score (nSPS) is 23.2. The standard InChI is InChI=1S/C5H9N3O/c1-6-4-2-3-7-5(9)8-4/h2-3H2,1H3,(H2,6,7,8,9). The Morgan fingerprint density at radius 1 is 1.67 bits per heavy atom. The van der Waals surface area contributed by atoms with Crippen LogP contribution in [0.4, 0.5) is 4.79 Å². The largest absolute Gasteiger partial charge is 0.337 e. The molecule has 0 aromatic heterocycles. The van der Waals surface area contributed by atoms with E-state index in [-0.39, 0.29) is 6.03 Å². The van der Waals surface area contributed by atoms with Crippen LogP contribution in [-0.2, 0) is 0 Å². The number of urea groups is 1. The molecule has 50 valence electrons. The van der Waals surface area contributed by atoms with Gasteiger partial charge in [0.1, 0.15) is 5.84 Å². The Bertz CT molecular complexity index is 152. The summed E-state index contributed by atoms with van der Waals surface area (Å²) >= 11 is 0. The number of amides is 2. The molecule has 4 nitrogen and oxygen atoms in total. The summed E-state index contributed by atoms with van der Waals surface area (Å²) in [5, 5.41) is 5.18. The number of carbonyl (C=O) groups is 1. The Kier molecular flexibility index (Phi) is 1.67. The molecule has 0 aliphatic carbocycles. The first kappa shape index (κ1) is 6.07. The van der Waals surface area contributed by atoms with Crippen molar-refractivity contribution in [2.45, 2.75) is 6.42 Å². The van der Waals surface area contributed by atoms with E-state index in [1.165, 1.54) is 0 Å². The van der Waals surface area contributed by atoms with Crippen LogP contribution < -0.4 is 10.6 Å². The minimum absolute atomic E-state index is 0.151. The molecule has 0 atom stereocenters. The van der Waals surface area contributed by atoms with E-state index in [1.807, 2.05) is 0 Å². The van der Waals surface area contributed by atoms with Gasteiger partial charge in [-0.3, -0.25) is 10.3 Å². The Morgan fingerprint density at radius 2 is 2.44 bits per heavy atom. The molecule has 1 rings (SSSR count). The maximum Gasteiger partial charge on any atom is 0.320 e. The summed E-state index contributed by atoms with van der Waals surface area (Å²) in [6.45, 7) is 0.693. The highest BCUT2D eigenvalue weighted by Crippen LogP contribution is 1.86. The molecule has 0 saturated carbocycles. The summed E-state index contributed by atoms with van der Waals surface area (Å²) < 4.78 is 0. The molecule has 1 aliphatic heterocycles. The molecule has 9 heavy (non-hydrogen) atoms. The van der Waals surface area contributed by atoms with Gasteiger partial charge in [-0.1, -0.05) is 0 Å². The number of carbonyl (C=O) groups excluding carboxylic acids is 1. The van der Waals surface area contributed by atoms with Gasteiger partial charge >= 0.3 is 6.03 Å². The molecule has 2 amide bonds. The fraction of sp³-hybridized carbons (Fsp3) is 0.600. The zero-order chi connectivity index (χ0) is 6.69. The summed E-state index contributed by atoms with van der Waals surface area (Å²) in [6, 6.07) is -0.151. The van der Waals surface area contributed by atoms with Crippen LogP contribution in [0.25, 0.3) is 0 Å². The molecule has 1 aliphatic rings. The van der Waals surface area contributed by atoms with Crippen molar-refractivity contribution in [1.82, 2.24) is 10.6 Å². The van der Waals surface area contributed by atoms with E-state index in [0.717, 1.165) is 12.3 Å². The van der Waals surface area contributed by atoms with Gasteiger partial charge in [0.15, 0.2) is 0 Å². The lowest BCUT2D eigenvalue weighted by Crippen LogP contribution is -2.46. The number of amidine groups is 1. The van der Waals surface area contributed by atoms with Gasteiger partial charge in [-0.05, 0) is 0 Å². The summed E-state index contributed by atoms with van der Waals surface area (Å²) in [6.07, 6.45) is 0.808. The average Bonchev–Trinajstić information content (AvgIpc) is 1.88. The second kappa shape index (κ2) is 2.48. The highest BCUT2D eigenvalue weighted by Gasteiger charge is 2.09. The molecular weight excluding hydrogens is 118 g/mol. The van der Waals surface area contributed by atoms with Crippen molar-refractivity contribution in [2.24, 2.45) is 4.99 Å². The third-order valence-corrected chi connectivity index (χ3v) is 1.18. The van der Waals surface area contributed by atoms with Crippen LogP contribution in [0.2, 0.25) is 0 Å². The molecule has 0 aromatic carbocycles. The Hall–Kier alpha value is -1.06. The van der Waals surface area contributed by atoms with Crippen LogP contribution in [-0.4, -0.2) is 25.5 Å². The van der Waals surface area contributed by atoms with Crippen LogP contribution >= 0.6 is 0 Å². The fourth-order valence-corrected chi connectivity index (χ4v) is 0.700. The molecule has 1 heterocycles. The molecule has 1 saturated heterocycles. The maximum absolute atomic E-state index is 10.5. The molecule has 4 heteroatoms. The molecule has 0 aromatic rings. The van der Waals surface area contributed by atoms with Gasteiger partial charge in [0.25, 0.3) is 0 Å². The monoisotopic (exact) mass is 127 g/mol. The lowest BCUT2D eigenvalue weighted by molar-refractivity contribution is 0.243. The summed E-state index contributed by atoms with van der Waals surface area (Å²) in [5.41, 5.74) is 0. The predicted molar refractivity (Wildman–Crippen MR) is 34.5 cm³/mol. The maximum atomic E-state index is 10.5. The number of nitrogens with one attached hydrogen (secondary N) is 2.